The van der Waals surface area contributed by atoms with Crippen molar-refractivity contribution in [2.24, 2.45) is 5.92 Å². The topological polar surface area (TPSA) is 58.6 Å². The first-order valence-corrected chi connectivity index (χ1v) is 8.43. The number of ether oxygens (including phenoxy) is 1. The van der Waals surface area contributed by atoms with Crippen molar-refractivity contribution in [3.8, 4) is 5.75 Å². The smallest absolute Gasteiger partial charge is 0.255 e. The van der Waals surface area contributed by atoms with Crippen LogP contribution in [0, 0.1) is 5.92 Å². The predicted molar refractivity (Wildman–Crippen MR) is 97.2 cm³/mol. The highest BCUT2D eigenvalue weighted by Crippen LogP contribution is 2.25. The van der Waals surface area contributed by atoms with Gasteiger partial charge in [0.2, 0.25) is 5.91 Å². The lowest BCUT2D eigenvalue weighted by Crippen LogP contribution is -2.31. The number of carbonyl (C=O) groups excluding carboxylic acids is 2. The van der Waals surface area contributed by atoms with Crippen molar-refractivity contribution in [1.82, 2.24) is 5.32 Å². The van der Waals surface area contributed by atoms with Crippen LogP contribution in [0.5, 0.6) is 5.75 Å². The Morgan fingerprint density at radius 1 is 1.28 bits per heavy atom. The Morgan fingerprint density at radius 3 is 2.76 bits per heavy atom. The molecule has 1 aliphatic heterocycles. The third kappa shape index (κ3) is 3.94. The third-order valence-electron chi connectivity index (χ3n) is 4.23. The first kappa shape index (κ1) is 17.3. The maximum absolute atomic E-state index is 12.4. The van der Waals surface area contributed by atoms with Crippen LogP contribution in [-0.4, -0.2) is 32.0 Å². The first-order chi connectivity index (χ1) is 12.1. The Balaban J connectivity index is 1.62. The van der Waals surface area contributed by atoms with Crippen molar-refractivity contribution in [3.05, 3.63) is 59.1 Å². The summed E-state index contributed by atoms with van der Waals surface area (Å²) in [5, 5.41) is 3.35. The van der Waals surface area contributed by atoms with E-state index in [0.717, 1.165) is 5.69 Å². The summed E-state index contributed by atoms with van der Waals surface area (Å²) in [4.78, 5) is 26.4. The molecule has 1 saturated heterocycles. The van der Waals surface area contributed by atoms with Crippen LogP contribution in [0.2, 0.25) is 5.02 Å². The summed E-state index contributed by atoms with van der Waals surface area (Å²) < 4.78 is 5.20. The van der Waals surface area contributed by atoms with E-state index in [0.29, 0.717) is 35.8 Å². The molecule has 2 amide bonds. The Bertz CT molecular complexity index is 779. The molecule has 5 nitrogen and oxygen atoms in total. The maximum atomic E-state index is 12.4. The van der Waals surface area contributed by atoms with Gasteiger partial charge in [-0.25, -0.2) is 0 Å². The van der Waals surface area contributed by atoms with Gasteiger partial charge in [-0.2, -0.15) is 0 Å². The molecule has 0 spiro atoms. The number of hydrogen-bond acceptors (Lipinski definition) is 3. The van der Waals surface area contributed by atoms with Crippen molar-refractivity contribution in [2.75, 3.05) is 25.1 Å². The zero-order valence-corrected chi connectivity index (χ0v) is 14.6. The van der Waals surface area contributed by atoms with Gasteiger partial charge in [0.15, 0.2) is 0 Å². The summed E-state index contributed by atoms with van der Waals surface area (Å²) in [7, 11) is 1.51. The molecule has 2 aromatic carbocycles. The minimum Gasteiger partial charge on any atom is -0.496 e. The summed E-state index contributed by atoms with van der Waals surface area (Å²) in [6, 6.07) is 14.5. The molecule has 1 atom stereocenters. The summed E-state index contributed by atoms with van der Waals surface area (Å²) >= 11 is 5.96. The maximum Gasteiger partial charge on any atom is 0.255 e. The van der Waals surface area contributed by atoms with E-state index >= 15 is 0 Å². The number of nitrogens with one attached hydrogen (secondary N) is 1. The highest BCUT2D eigenvalue weighted by atomic mass is 35.5. The highest BCUT2D eigenvalue weighted by Gasteiger charge is 2.30. The molecule has 1 unspecified atom stereocenters. The number of anilines is 1. The minimum atomic E-state index is -0.259. The lowest BCUT2D eigenvalue weighted by atomic mass is 10.1. The number of amides is 2. The van der Waals surface area contributed by atoms with Crippen LogP contribution in [0.3, 0.4) is 0 Å². The van der Waals surface area contributed by atoms with Gasteiger partial charge < -0.3 is 15.0 Å². The van der Waals surface area contributed by atoms with Crippen molar-refractivity contribution >= 4 is 29.1 Å². The molecule has 0 bridgehead atoms. The van der Waals surface area contributed by atoms with Gasteiger partial charge >= 0.3 is 0 Å². The Hall–Kier alpha value is -2.53. The fraction of sp³-hybridized carbons (Fsp3) is 0.263. The SMILES string of the molecule is COc1ccc(Cl)cc1C(=O)NCC1CC(=O)N(c2ccccc2)C1. The zero-order valence-electron chi connectivity index (χ0n) is 13.9. The van der Waals surface area contributed by atoms with Gasteiger partial charge in [0.25, 0.3) is 5.91 Å². The lowest BCUT2D eigenvalue weighted by Gasteiger charge is -2.17. The van der Waals surface area contributed by atoms with Gasteiger partial charge in [-0.1, -0.05) is 29.8 Å². The van der Waals surface area contributed by atoms with E-state index in [-0.39, 0.29) is 17.7 Å². The van der Waals surface area contributed by atoms with Crippen LogP contribution in [0.1, 0.15) is 16.8 Å². The molecule has 1 N–H and O–H groups in total. The van der Waals surface area contributed by atoms with Gasteiger partial charge in [-0.15, -0.1) is 0 Å². The van der Waals surface area contributed by atoms with E-state index in [1.807, 2.05) is 30.3 Å². The number of para-hydroxylation sites is 1. The predicted octanol–water partition coefficient (Wildman–Crippen LogP) is 3.13. The minimum absolute atomic E-state index is 0.0711. The lowest BCUT2D eigenvalue weighted by molar-refractivity contribution is -0.117. The second-order valence-electron chi connectivity index (χ2n) is 5.96. The first-order valence-electron chi connectivity index (χ1n) is 8.05. The van der Waals surface area contributed by atoms with E-state index in [2.05, 4.69) is 5.32 Å². The van der Waals surface area contributed by atoms with Crippen molar-refractivity contribution < 1.29 is 14.3 Å². The summed E-state index contributed by atoms with van der Waals surface area (Å²) in [5.41, 5.74) is 1.28. The van der Waals surface area contributed by atoms with Gasteiger partial charge in [0.1, 0.15) is 5.75 Å². The Morgan fingerprint density at radius 2 is 2.04 bits per heavy atom. The molecular weight excluding hydrogens is 340 g/mol. The number of carbonyl (C=O) groups is 2. The molecule has 3 rings (SSSR count). The van der Waals surface area contributed by atoms with Crippen LogP contribution < -0.4 is 15.0 Å². The summed E-state index contributed by atoms with van der Waals surface area (Å²) in [6.07, 6.45) is 0.419. The van der Waals surface area contributed by atoms with Gasteiger partial charge in [0, 0.05) is 36.1 Å². The molecule has 25 heavy (non-hydrogen) atoms. The van der Waals surface area contributed by atoms with Crippen LogP contribution in [0.15, 0.2) is 48.5 Å². The van der Waals surface area contributed by atoms with E-state index < -0.39 is 0 Å². The third-order valence-corrected chi connectivity index (χ3v) is 4.47. The molecule has 1 aliphatic rings. The number of halogens is 1. The largest absolute Gasteiger partial charge is 0.496 e. The molecule has 0 aliphatic carbocycles. The average Bonchev–Trinajstić information content (AvgIpc) is 3.01. The summed E-state index contributed by atoms with van der Waals surface area (Å²) in [6.45, 7) is 1.01. The number of methoxy groups -OCH3 is 1. The molecule has 0 aromatic heterocycles. The monoisotopic (exact) mass is 358 g/mol. The van der Waals surface area contributed by atoms with Crippen LogP contribution in [-0.2, 0) is 4.79 Å². The fourth-order valence-electron chi connectivity index (χ4n) is 2.97. The fourth-order valence-corrected chi connectivity index (χ4v) is 3.14. The number of nitrogens with zero attached hydrogens (tertiary/aromatic N) is 1. The van der Waals surface area contributed by atoms with E-state index in [1.54, 1.807) is 23.1 Å². The molecule has 0 radical (unpaired) electrons. The molecule has 2 aromatic rings. The van der Waals surface area contributed by atoms with E-state index in [4.69, 9.17) is 16.3 Å². The Kier molecular flexibility index (Phi) is 5.24. The van der Waals surface area contributed by atoms with Gasteiger partial charge in [-0.05, 0) is 30.3 Å². The second-order valence-corrected chi connectivity index (χ2v) is 6.40. The molecular formula is C19H19ClN2O3. The van der Waals surface area contributed by atoms with Crippen molar-refractivity contribution in [3.63, 3.8) is 0 Å². The summed E-state index contributed by atoms with van der Waals surface area (Å²) in [5.74, 6) is 0.355. The molecule has 130 valence electrons. The number of hydrogen-bond donors (Lipinski definition) is 1. The molecule has 0 saturated carbocycles. The van der Waals surface area contributed by atoms with Crippen LogP contribution >= 0.6 is 11.6 Å². The zero-order chi connectivity index (χ0) is 17.8. The standard InChI is InChI=1S/C19H19ClN2O3/c1-25-17-8-7-14(20)10-16(17)19(24)21-11-13-9-18(23)22(12-13)15-5-3-2-4-6-15/h2-8,10,13H,9,11-12H2,1H3,(H,21,24). The normalized spacial score (nSPS) is 16.8. The quantitative estimate of drug-likeness (QED) is 0.893. The van der Waals surface area contributed by atoms with E-state index in [9.17, 15) is 9.59 Å². The highest BCUT2D eigenvalue weighted by molar-refractivity contribution is 6.31. The van der Waals surface area contributed by atoms with E-state index in [1.165, 1.54) is 7.11 Å². The van der Waals surface area contributed by atoms with Gasteiger partial charge in [0.05, 0.1) is 12.7 Å². The average molecular weight is 359 g/mol. The number of rotatable bonds is 5. The molecule has 6 heteroatoms. The Labute approximate surface area is 151 Å². The van der Waals surface area contributed by atoms with Crippen molar-refractivity contribution in [2.45, 2.75) is 6.42 Å². The van der Waals surface area contributed by atoms with Gasteiger partial charge in [-0.3, -0.25) is 9.59 Å². The molecule has 1 heterocycles. The molecule has 1 fully saturated rings. The number of benzene rings is 2. The van der Waals surface area contributed by atoms with Crippen LogP contribution in [0.25, 0.3) is 0 Å². The van der Waals surface area contributed by atoms with Crippen LogP contribution in [0.4, 0.5) is 5.69 Å². The van der Waals surface area contributed by atoms with Crippen molar-refractivity contribution in [1.29, 1.82) is 0 Å². The second kappa shape index (κ2) is 7.57.